The van der Waals surface area contributed by atoms with E-state index in [-0.39, 0.29) is 12.1 Å². The molecule has 4 rings (SSSR count). The maximum atomic E-state index is 13.1. The third kappa shape index (κ3) is 3.30. The van der Waals surface area contributed by atoms with Crippen molar-refractivity contribution in [2.75, 3.05) is 6.54 Å². The molecule has 0 saturated heterocycles. The summed E-state index contributed by atoms with van der Waals surface area (Å²) in [6.45, 7) is 3.71. The lowest BCUT2D eigenvalue weighted by Crippen LogP contribution is -2.50. The van der Waals surface area contributed by atoms with Crippen LogP contribution in [-0.4, -0.2) is 28.1 Å². The lowest BCUT2D eigenvalue weighted by molar-refractivity contribution is 0.162. The van der Waals surface area contributed by atoms with Gasteiger partial charge in [0.25, 0.3) is 0 Å². The summed E-state index contributed by atoms with van der Waals surface area (Å²) in [5, 5.41) is 3.30. The first-order valence-electron chi connectivity index (χ1n) is 9.51. The standard InChI is InChI=1S/C21H27N3O/c1-16-9-11-17(12-10-16)20-19-8-5-13-23(19)14-15-24(20)21(25)22-18-6-3-2-4-7-18/h5,8-13,18,20H,2-4,6-7,14-15H2,1H3,(H,22,25). The van der Waals surface area contributed by atoms with E-state index < -0.39 is 0 Å². The first kappa shape index (κ1) is 16.2. The van der Waals surface area contributed by atoms with Crippen molar-refractivity contribution < 1.29 is 4.79 Å². The van der Waals surface area contributed by atoms with Crippen LogP contribution < -0.4 is 5.32 Å². The first-order valence-corrected chi connectivity index (χ1v) is 9.51. The fourth-order valence-electron chi connectivity index (χ4n) is 4.21. The number of hydrogen-bond acceptors (Lipinski definition) is 1. The van der Waals surface area contributed by atoms with Gasteiger partial charge >= 0.3 is 6.03 Å². The fraction of sp³-hybridized carbons (Fsp3) is 0.476. The Kier molecular flexibility index (Phi) is 4.51. The molecule has 0 spiro atoms. The molecule has 2 heterocycles. The monoisotopic (exact) mass is 337 g/mol. The van der Waals surface area contributed by atoms with Crippen LogP contribution in [-0.2, 0) is 6.54 Å². The molecule has 0 bridgehead atoms. The Morgan fingerprint density at radius 1 is 1.04 bits per heavy atom. The number of benzene rings is 1. The van der Waals surface area contributed by atoms with E-state index >= 15 is 0 Å². The Morgan fingerprint density at radius 2 is 1.80 bits per heavy atom. The molecule has 1 unspecified atom stereocenters. The van der Waals surface area contributed by atoms with Crippen LogP contribution in [0.1, 0.15) is 55.0 Å². The molecule has 0 radical (unpaired) electrons. The predicted octanol–water partition coefficient (Wildman–Crippen LogP) is 4.24. The van der Waals surface area contributed by atoms with Crippen LogP contribution in [0.5, 0.6) is 0 Å². The minimum absolute atomic E-state index is 0.00654. The molecule has 1 fully saturated rings. The van der Waals surface area contributed by atoms with Crippen molar-refractivity contribution in [1.82, 2.24) is 14.8 Å². The summed E-state index contributed by atoms with van der Waals surface area (Å²) >= 11 is 0. The van der Waals surface area contributed by atoms with Crippen LogP contribution in [0.3, 0.4) is 0 Å². The van der Waals surface area contributed by atoms with Crippen molar-refractivity contribution in [3.05, 3.63) is 59.4 Å². The number of aryl methyl sites for hydroxylation is 1. The number of urea groups is 1. The molecular weight excluding hydrogens is 310 g/mol. The minimum atomic E-state index is -0.00654. The number of rotatable bonds is 2. The number of fused-ring (bicyclic) bond motifs is 1. The van der Waals surface area contributed by atoms with Gasteiger partial charge in [-0.3, -0.25) is 0 Å². The average Bonchev–Trinajstić information content (AvgIpc) is 3.11. The topological polar surface area (TPSA) is 37.3 Å². The van der Waals surface area contributed by atoms with Gasteiger partial charge in [-0.15, -0.1) is 0 Å². The van der Waals surface area contributed by atoms with Gasteiger partial charge in [-0.05, 0) is 37.5 Å². The van der Waals surface area contributed by atoms with Crippen LogP contribution in [0.4, 0.5) is 4.79 Å². The van der Waals surface area contributed by atoms with Gasteiger partial charge in [-0.25, -0.2) is 4.79 Å². The lowest BCUT2D eigenvalue weighted by Gasteiger charge is -2.38. The average molecular weight is 337 g/mol. The maximum Gasteiger partial charge on any atom is 0.318 e. The van der Waals surface area contributed by atoms with Gasteiger partial charge in [-0.2, -0.15) is 0 Å². The van der Waals surface area contributed by atoms with E-state index in [2.05, 4.69) is 59.4 Å². The largest absolute Gasteiger partial charge is 0.348 e. The zero-order valence-corrected chi connectivity index (χ0v) is 14.9. The van der Waals surface area contributed by atoms with Gasteiger partial charge in [-0.1, -0.05) is 49.1 Å². The van der Waals surface area contributed by atoms with Crippen molar-refractivity contribution >= 4 is 6.03 Å². The minimum Gasteiger partial charge on any atom is -0.348 e. The third-order valence-electron chi connectivity index (χ3n) is 5.62. The predicted molar refractivity (Wildman–Crippen MR) is 99.6 cm³/mol. The molecule has 1 aromatic carbocycles. The number of nitrogens with one attached hydrogen (secondary N) is 1. The Morgan fingerprint density at radius 3 is 2.56 bits per heavy atom. The van der Waals surface area contributed by atoms with E-state index in [4.69, 9.17) is 0 Å². The molecule has 1 aliphatic heterocycles. The summed E-state index contributed by atoms with van der Waals surface area (Å²) in [6, 6.07) is 13.2. The van der Waals surface area contributed by atoms with E-state index in [0.29, 0.717) is 6.04 Å². The normalized spacial score (nSPS) is 21.0. The van der Waals surface area contributed by atoms with Gasteiger partial charge in [0.2, 0.25) is 0 Å². The SMILES string of the molecule is Cc1ccc(C2c3cccn3CCN2C(=O)NC2CCCCC2)cc1. The zero-order chi connectivity index (χ0) is 17.2. The van der Waals surface area contributed by atoms with Crippen LogP contribution in [0.25, 0.3) is 0 Å². The molecule has 2 aliphatic rings. The number of nitrogens with zero attached hydrogens (tertiary/aromatic N) is 2. The molecule has 1 aromatic heterocycles. The van der Waals surface area contributed by atoms with Crippen LogP contribution in [0, 0.1) is 6.92 Å². The second-order valence-electron chi connectivity index (χ2n) is 7.42. The van der Waals surface area contributed by atoms with Crippen molar-refractivity contribution in [2.24, 2.45) is 0 Å². The number of aromatic nitrogens is 1. The molecule has 4 nitrogen and oxygen atoms in total. The molecular formula is C21H27N3O. The summed E-state index contributed by atoms with van der Waals surface area (Å²) < 4.78 is 2.27. The highest BCUT2D eigenvalue weighted by atomic mass is 16.2. The third-order valence-corrected chi connectivity index (χ3v) is 5.62. The molecule has 4 heteroatoms. The Bertz CT molecular complexity index is 728. The molecule has 1 aliphatic carbocycles. The van der Waals surface area contributed by atoms with Crippen LogP contribution in [0.2, 0.25) is 0 Å². The van der Waals surface area contributed by atoms with Gasteiger partial charge < -0.3 is 14.8 Å². The van der Waals surface area contributed by atoms with Crippen molar-refractivity contribution in [1.29, 1.82) is 0 Å². The molecule has 132 valence electrons. The number of carbonyl (C=O) groups excluding carboxylic acids is 1. The van der Waals surface area contributed by atoms with Crippen molar-refractivity contribution in [2.45, 2.75) is 57.7 Å². The number of hydrogen-bond donors (Lipinski definition) is 1. The Balaban J connectivity index is 1.61. The summed E-state index contributed by atoms with van der Waals surface area (Å²) in [4.78, 5) is 15.1. The molecule has 1 atom stereocenters. The van der Waals surface area contributed by atoms with Crippen LogP contribution >= 0.6 is 0 Å². The van der Waals surface area contributed by atoms with Gasteiger partial charge in [0.1, 0.15) is 0 Å². The first-order chi connectivity index (χ1) is 12.2. The van der Waals surface area contributed by atoms with E-state index in [1.165, 1.54) is 36.1 Å². The number of carbonyl (C=O) groups is 1. The summed E-state index contributed by atoms with van der Waals surface area (Å²) in [5.74, 6) is 0. The Labute approximate surface area is 149 Å². The fourth-order valence-corrected chi connectivity index (χ4v) is 4.21. The Hall–Kier alpha value is -2.23. The highest BCUT2D eigenvalue weighted by Gasteiger charge is 2.33. The van der Waals surface area contributed by atoms with Crippen molar-refractivity contribution in [3.8, 4) is 0 Å². The van der Waals surface area contributed by atoms with E-state index in [0.717, 1.165) is 25.9 Å². The summed E-state index contributed by atoms with van der Waals surface area (Å²) in [5.41, 5.74) is 3.63. The highest BCUT2D eigenvalue weighted by Crippen LogP contribution is 2.32. The smallest absolute Gasteiger partial charge is 0.318 e. The van der Waals surface area contributed by atoms with Crippen LogP contribution in [0.15, 0.2) is 42.6 Å². The zero-order valence-electron chi connectivity index (χ0n) is 14.9. The van der Waals surface area contributed by atoms with E-state index in [9.17, 15) is 4.79 Å². The highest BCUT2D eigenvalue weighted by molar-refractivity contribution is 5.76. The number of amides is 2. The summed E-state index contributed by atoms with van der Waals surface area (Å²) in [7, 11) is 0. The molecule has 25 heavy (non-hydrogen) atoms. The van der Waals surface area contributed by atoms with E-state index in [1.54, 1.807) is 0 Å². The van der Waals surface area contributed by atoms with Gasteiger partial charge in [0.05, 0.1) is 6.04 Å². The second-order valence-corrected chi connectivity index (χ2v) is 7.42. The van der Waals surface area contributed by atoms with Gasteiger partial charge in [0.15, 0.2) is 0 Å². The van der Waals surface area contributed by atoms with E-state index in [1.807, 2.05) is 4.90 Å². The second kappa shape index (κ2) is 6.95. The van der Waals surface area contributed by atoms with Gasteiger partial charge in [0, 0.05) is 31.0 Å². The maximum absolute atomic E-state index is 13.1. The van der Waals surface area contributed by atoms with Crippen molar-refractivity contribution in [3.63, 3.8) is 0 Å². The summed E-state index contributed by atoms with van der Waals surface area (Å²) in [6.07, 6.45) is 8.11. The lowest BCUT2D eigenvalue weighted by atomic mass is 9.95. The molecule has 2 aromatic rings. The molecule has 1 saturated carbocycles. The molecule has 2 amide bonds. The quantitative estimate of drug-likeness (QED) is 0.874. The molecule has 1 N–H and O–H groups in total.